The molecule has 3 rings (SSSR count). The molecule has 1 aromatic heterocycles. The number of hydrogen-bond acceptors (Lipinski definition) is 6. The molecule has 0 atom stereocenters. The van der Waals surface area contributed by atoms with E-state index in [1.54, 1.807) is 0 Å². The van der Waals surface area contributed by atoms with E-state index in [0.29, 0.717) is 18.2 Å². The zero-order chi connectivity index (χ0) is 15.0. The fraction of sp³-hybridized carbons (Fsp3) is 0.533. The summed E-state index contributed by atoms with van der Waals surface area (Å²) < 4.78 is 5.79. The Labute approximate surface area is 124 Å². The van der Waals surface area contributed by atoms with Crippen molar-refractivity contribution in [2.45, 2.75) is 19.4 Å². The van der Waals surface area contributed by atoms with Crippen molar-refractivity contribution in [2.24, 2.45) is 0 Å². The number of fused-ring (bicyclic) bond motifs is 1. The highest BCUT2D eigenvalue weighted by Crippen LogP contribution is 2.26. The molecule has 0 aliphatic carbocycles. The van der Waals surface area contributed by atoms with Crippen LogP contribution in [0.25, 0.3) is 11.1 Å². The van der Waals surface area contributed by atoms with Gasteiger partial charge in [0.2, 0.25) is 0 Å². The number of nitrogens with two attached hydrogens (primary N) is 1. The van der Waals surface area contributed by atoms with Crippen molar-refractivity contribution in [3.05, 3.63) is 18.2 Å². The normalized spacial score (nSPS) is 17.6. The van der Waals surface area contributed by atoms with Crippen molar-refractivity contribution in [3.8, 4) is 0 Å². The van der Waals surface area contributed by atoms with Gasteiger partial charge in [0, 0.05) is 32.7 Å². The average molecular weight is 290 g/mol. The molecule has 21 heavy (non-hydrogen) atoms. The largest absolute Gasteiger partial charge is 0.423 e. The molecule has 0 radical (unpaired) electrons. The minimum atomic E-state index is -0.658. The molecular formula is C15H22N4O2. The average Bonchev–Trinajstić information content (AvgIpc) is 2.83. The van der Waals surface area contributed by atoms with Crippen LogP contribution in [0.2, 0.25) is 0 Å². The van der Waals surface area contributed by atoms with E-state index in [9.17, 15) is 5.11 Å². The van der Waals surface area contributed by atoms with Crippen LogP contribution >= 0.6 is 0 Å². The molecule has 0 spiro atoms. The molecule has 0 saturated carbocycles. The topological polar surface area (TPSA) is 78.8 Å². The number of benzene rings is 1. The van der Waals surface area contributed by atoms with E-state index < -0.39 is 5.60 Å². The SMILES string of the molecule is CC(C)(O)CN1CCN(c2nc3c(N)cccc3o2)CC1. The number of piperazine rings is 1. The number of nitrogen functional groups attached to an aromatic ring is 1. The van der Waals surface area contributed by atoms with Gasteiger partial charge in [0.15, 0.2) is 5.58 Å². The highest BCUT2D eigenvalue weighted by molar-refractivity contribution is 5.86. The summed E-state index contributed by atoms with van der Waals surface area (Å²) in [4.78, 5) is 8.88. The third-order valence-corrected chi connectivity index (χ3v) is 3.69. The Kier molecular flexibility index (Phi) is 3.51. The minimum absolute atomic E-state index is 0.630. The second-order valence-corrected chi connectivity index (χ2v) is 6.27. The Balaban J connectivity index is 1.70. The maximum Gasteiger partial charge on any atom is 0.298 e. The first-order valence-electron chi connectivity index (χ1n) is 7.27. The summed E-state index contributed by atoms with van der Waals surface area (Å²) in [6, 6.07) is 6.21. The number of anilines is 2. The third-order valence-electron chi connectivity index (χ3n) is 3.69. The van der Waals surface area contributed by atoms with Crippen molar-refractivity contribution in [3.63, 3.8) is 0 Å². The number of para-hydroxylation sites is 1. The molecule has 1 saturated heterocycles. The molecule has 2 heterocycles. The fourth-order valence-corrected chi connectivity index (χ4v) is 2.74. The van der Waals surface area contributed by atoms with Gasteiger partial charge in [0.1, 0.15) is 5.52 Å². The number of oxazole rings is 1. The van der Waals surface area contributed by atoms with Crippen LogP contribution in [-0.4, -0.2) is 53.3 Å². The van der Waals surface area contributed by atoms with Gasteiger partial charge in [-0.05, 0) is 26.0 Å². The Hall–Kier alpha value is -1.79. The molecule has 1 aliphatic heterocycles. The fourth-order valence-electron chi connectivity index (χ4n) is 2.74. The Morgan fingerprint density at radius 3 is 2.62 bits per heavy atom. The third kappa shape index (κ3) is 3.11. The molecule has 2 aromatic rings. The molecule has 6 heteroatoms. The smallest absolute Gasteiger partial charge is 0.298 e. The summed E-state index contributed by atoms with van der Waals surface area (Å²) >= 11 is 0. The Morgan fingerprint density at radius 1 is 1.29 bits per heavy atom. The van der Waals surface area contributed by atoms with Gasteiger partial charge in [-0.3, -0.25) is 4.90 Å². The van der Waals surface area contributed by atoms with Crippen LogP contribution in [0.3, 0.4) is 0 Å². The van der Waals surface area contributed by atoms with E-state index in [1.165, 1.54) is 0 Å². The molecule has 0 amide bonds. The molecule has 1 fully saturated rings. The van der Waals surface area contributed by atoms with Crippen LogP contribution < -0.4 is 10.6 Å². The van der Waals surface area contributed by atoms with E-state index in [4.69, 9.17) is 10.2 Å². The summed E-state index contributed by atoms with van der Waals surface area (Å²) in [6.45, 7) is 7.80. The lowest BCUT2D eigenvalue weighted by molar-refractivity contribution is 0.0342. The molecule has 3 N–H and O–H groups in total. The van der Waals surface area contributed by atoms with Crippen LogP contribution in [0.15, 0.2) is 22.6 Å². The number of aromatic nitrogens is 1. The maximum absolute atomic E-state index is 9.88. The molecule has 1 aromatic carbocycles. The van der Waals surface area contributed by atoms with E-state index in [2.05, 4.69) is 14.8 Å². The summed E-state index contributed by atoms with van der Waals surface area (Å²) in [5, 5.41) is 9.88. The van der Waals surface area contributed by atoms with Gasteiger partial charge in [-0.15, -0.1) is 0 Å². The quantitative estimate of drug-likeness (QED) is 0.830. The zero-order valence-electron chi connectivity index (χ0n) is 12.5. The van der Waals surface area contributed by atoms with Gasteiger partial charge in [-0.25, -0.2) is 0 Å². The lowest BCUT2D eigenvalue weighted by Gasteiger charge is -2.36. The van der Waals surface area contributed by atoms with Crippen LogP contribution in [0.1, 0.15) is 13.8 Å². The highest BCUT2D eigenvalue weighted by Gasteiger charge is 2.25. The predicted molar refractivity (Wildman–Crippen MR) is 83.4 cm³/mol. The van der Waals surface area contributed by atoms with Gasteiger partial charge in [0.05, 0.1) is 11.3 Å². The first kappa shape index (κ1) is 14.2. The number of aliphatic hydroxyl groups is 1. The molecular weight excluding hydrogens is 268 g/mol. The molecule has 0 bridgehead atoms. The van der Waals surface area contributed by atoms with Crippen LogP contribution in [0.4, 0.5) is 11.7 Å². The zero-order valence-corrected chi connectivity index (χ0v) is 12.5. The van der Waals surface area contributed by atoms with Gasteiger partial charge in [-0.1, -0.05) is 6.07 Å². The van der Waals surface area contributed by atoms with Gasteiger partial charge in [0.25, 0.3) is 6.01 Å². The van der Waals surface area contributed by atoms with Gasteiger partial charge < -0.3 is 20.2 Å². The standard InChI is InChI=1S/C15H22N4O2/c1-15(2,20)10-18-6-8-19(9-7-18)14-17-13-11(16)4-3-5-12(13)21-14/h3-5,20H,6-10,16H2,1-2H3. The van der Waals surface area contributed by atoms with Crippen LogP contribution in [0.5, 0.6) is 0 Å². The Bertz CT molecular complexity index is 624. The number of hydrogen-bond donors (Lipinski definition) is 2. The monoisotopic (exact) mass is 290 g/mol. The van der Waals surface area contributed by atoms with Crippen molar-refractivity contribution >= 4 is 22.8 Å². The summed E-state index contributed by atoms with van der Waals surface area (Å²) in [7, 11) is 0. The van der Waals surface area contributed by atoms with Gasteiger partial charge in [-0.2, -0.15) is 4.98 Å². The summed E-state index contributed by atoms with van der Waals surface area (Å²) in [5.74, 6) is 0. The second-order valence-electron chi connectivity index (χ2n) is 6.27. The van der Waals surface area contributed by atoms with Crippen molar-refractivity contribution in [2.75, 3.05) is 43.4 Å². The summed E-state index contributed by atoms with van der Waals surface area (Å²) in [5.41, 5.74) is 7.35. The first-order valence-corrected chi connectivity index (χ1v) is 7.27. The second kappa shape index (κ2) is 5.20. The first-order chi connectivity index (χ1) is 9.92. The highest BCUT2D eigenvalue weighted by atomic mass is 16.4. The number of nitrogens with zero attached hydrogens (tertiary/aromatic N) is 3. The maximum atomic E-state index is 9.88. The molecule has 0 unspecified atom stereocenters. The van der Waals surface area contributed by atoms with Crippen LogP contribution in [-0.2, 0) is 0 Å². The molecule has 114 valence electrons. The van der Waals surface area contributed by atoms with E-state index in [-0.39, 0.29) is 0 Å². The van der Waals surface area contributed by atoms with Gasteiger partial charge >= 0.3 is 0 Å². The lowest BCUT2D eigenvalue weighted by atomic mass is 10.1. The number of rotatable bonds is 3. The molecule has 6 nitrogen and oxygen atoms in total. The van der Waals surface area contributed by atoms with Crippen molar-refractivity contribution in [1.82, 2.24) is 9.88 Å². The lowest BCUT2D eigenvalue weighted by Crippen LogP contribution is -2.50. The van der Waals surface area contributed by atoms with Crippen LogP contribution in [0, 0.1) is 0 Å². The number of β-amino-alcohol motifs (C(OH)–C–C–N with tert-alkyl or cyclic N) is 1. The van der Waals surface area contributed by atoms with E-state index in [0.717, 1.165) is 37.3 Å². The Morgan fingerprint density at radius 2 is 2.00 bits per heavy atom. The molecule has 1 aliphatic rings. The predicted octanol–water partition coefficient (Wildman–Crippen LogP) is 1.30. The van der Waals surface area contributed by atoms with Crippen molar-refractivity contribution in [1.29, 1.82) is 0 Å². The van der Waals surface area contributed by atoms with Crippen molar-refractivity contribution < 1.29 is 9.52 Å². The summed E-state index contributed by atoms with van der Waals surface area (Å²) in [6.07, 6.45) is 0. The minimum Gasteiger partial charge on any atom is -0.423 e. The van der Waals surface area contributed by atoms with E-state index in [1.807, 2.05) is 32.0 Å². The van der Waals surface area contributed by atoms with E-state index >= 15 is 0 Å².